The van der Waals surface area contributed by atoms with E-state index in [9.17, 15) is 9.59 Å². The molecule has 0 aromatic carbocycles. The molecule has 0 fully saturated rings. The van der Waals surface area contributed by atoms with Gasteiger partial charge in [-0.25, -0.2) is 9.59 Å². The first kappa shape index (κ1) is 13.9. The number of hydrogen-bond acceptors (Lipinski definition) is 3. The third-order valence-electron chi connectivity index (χ3n) is 1.43. The van der Waals surface area contributed by atoms with Crippen molar-refractivity contribution in [2.45, 2.75) is 12.5 Å². The number of carbonyl (C=O) groups excluding carboxylic acids is 1. The van der Waals surface area contributed by atoms with Crippen molar-refractivity contribution < 1.29 is 19.8 Å². The lowest BCUT2D eigenvalue weighted by atomic mass is 10.2. The second kappa shape index (κ2) is 7.24. The molecule has 0 bridgehead atoms. The van der Waals surface area contributed by atoms with Gasteiger partial charge in [-0.1, -0.05) is 22.5 Å². The summed E-state index contributed by atoms with van der Waals surface area (Å²) in [7, 11) is 0. The molecule has 86 valence electrons. The van der Waals surface area contributed by atoms with Crippen molar-refractivity contribution in [2.24, 2.45) is 0 Å². The van der Waals surface area contributed by atoms with Gasteiger partial charge in [-0.2, -0.15) is 0 Å². The number of aliphatic hydroxyl groups excluding tert-OH is 1. The van der Waals surface area contributed by atoms with Crippen molar-refractivity contribution in [3.63, 3.8) is 0 Å². The zero-order valence-corrected chi connectivity index (χ0v) is 9.58. The average Bonchev–Trinajstić information content (AvgIpc) is 2.14. The Morgan fingerprint density at radius 2 is 2.00 bits per heavy atom. The van der Waals surface area contributed by atoms with E-state index in [0.29, 0.717) is 4.48 Å². The highest BCUT2D eigenvalue weighted by Gasteiger charge is 2.12. The molecule has 0 saturated carbocycles. The van der Waals surface area contributed by atoms with Crippen LogP contribution in [0.1, 0.15) is 6.42 Å². The highest BCUT2D eigenvalue weighted by molar-refractivity contribution is 9.11. The van der Waals surface area contributed by atoms with Crippen molar-refractivity contribution in [2.75, 3.05) is 13.1 Å². The number of nitrogens with one attached hydrogen (secondary N) is 2. The number of amides is 2. The molecule has 0 aliphatic heterocycles. The summed E-state index contributed by atoms with van der Waals surface area (Å²) in [5.41, 5.74) is 0. The van der Waals surface area contributed by atoms with Crippen molar-refractivity contribution in [3.05, 3.63) is 11.1 Å². The van der Waals surface area contributed by atoms with Gasteiger partial charge >= 0.3 is 12.0 Å². The van der Waals surface area contributed by atoms with Gasteiger partial charge in [0, 0.05) is 17.4 Å². The Kier molecular flexibility index (Phi) is 6.72. The highest BCUT2D eigenvalue weighted by atomic mass is 79.9. The standard InChI is InChI=1S/C8H13BrN2O4/c1-5(9)4-11-8(15)10-3-2-6(12)7(13)14/h6,12H,1-4H2,(H,13,14)(H2,10,11,15). The minimum absolute atomic E-state index is 0.0297. The van der Waals surface area contributed by atoms with Crippen molar-refractivity contribution in [1.82, 2.24) is 10.6 Å². The molecular formula is C8H13BrN2O4. The Hall–Kier alpha value is -1.08. The van der Waals surface area contributed by atoms with E-state index in [1.54, 1.807) is 0 Å². The molecule has 6 nitrogen and oxygen atoms in total. The van der Waals surface area contributed by atoms with Crippen LogP contribution in [0.5, 0.6) is 0 Å². The van der Waals surface area contributed by atoms with E-state index in [-0.39, 0.29) is 19.5 Å². The fourth-order valence-corrected chi connectivity index (χ4v) is 0.825. The maximum Gasteiger partial charge on any atom is 0.332 e. The van der Waals surface area contributed by atoms with Crippen LogP contribution in [0.3, 0.4) is 0 Å². The van der Waals surface area contributed by atoms with E-state index < -0.39 is 18.1 Å². The lowest BCUT2D eigenvalue weighted by molar-refractivity contribution is -0.146. The molecule has 0 rings (SSSR count). The monoisotopic (exact) mass is 280 g/mol. The lowest BCUT2D eigenvalue weighted by Gasteiger charge is -2.08. The average molecular weight is 281 g/mol. The van der Waals surface area contributed by atoms with Crippen LogP contribution >= 0.6 is 15.9 Å². The summed E-state index contributed by atoms with van der Waals surface area (Å²) in [6, 6.07) is -0.437. The van der Waals surface area contributed by atoms with Crippen LogP contribution in [0.4, 0.5) is 4.79 Å². The molecule has 0 aliphatic carbocycles. The number of urea groups is 1. The van der Waals surface area contributed by atoms with Gasteiger partial charge in [0.2, 0.25) is 0 Å². The first-order valence-electron chi connectivity index (χ1n) is 4.19. The molecular weight excluding hydrogens is 268 g/mol. The number of carboxylic acid groups (broad SMARTS) is 1. The fraction of sp³-hybridized carbons (Fsp3) is 0.500. The summed E-state index contributed by atoms with van der Waals surface area (Å²) >= 11 is 3.06. The van der Waals surface area contributed by atoms with E-state index in [2.05, 4.69) is 33.1 Å². The van der Waals surface area contributed by atoms with E-state index in [0.717, 1.165) is 0 Å². The molecule has 0 aromatic heterocycles. The van der Waals surface area contributed by atoms with Gasteiger partial charge in [-0.15, -0.1) is 0 Å². The van der Waals surface area contributed by atoms with E-state index >= 15 is 0 Å². The van der Waals surface area contributed by atoms with Gasteiger partial charge in [0.15, 0.2) is 6.10 Å². The molecule has 4 N–H and O–H groups in total. The quantitative estimate of drug-likeness (QED) is 0.552. The number of carboxylic acids is 1. The molecule has 0 saturated heterocycles. The fourth-order valence-electron chi connectivity index (χ4n) is 0.685. The second-order valence-corrected chi connectivity index (χ2v) is 3.89. The molecule has 0 aromatic rings. The summed E-state index contributed by atoms with van der Waals surface area (Å²) in [5, 5.41) is 22.0. The van der Waals surface area contributed by atoms with Crippen LogP contribution in [0.25, 0.3) is 0 Å². The third kappa shape index (κ3) is 7.95. The third-order valence-corrected chi connectivity index (χ3v) is 1.71. The highest BCUT2D eigenvalue weighted by Crippen LogP contribution is 1.96. The van der Waals surface area contributed by atoms with Gasteiger partial charge < -0.3 is 20.8 Å². The van der Waals surface area contributed by atoms with Crippen molar-refractivity contribution in [1.29, 1.82) is 0 Å². The summed E-state index contributed by atoms with van der Waals surface area (Å²) in [4.78, 5) is 21.2. The van der Waals surface area contributed by atoms with E-state index in [1.165, 1.54) is 0 Å². The molecule has 1 unspecified atom stereocenters. The van der Waals surface area contributed by atoms with Crippen LogP contribution in [-0.4, -0.2) is 41.4 Å². The van der Waals surface area contributed by atoms with Crippen molar-refractivity contribution >= 4 is 27.9 Å². The van der Waals surface area contributed by atoms with Crippen LogP contribution in [0.15, 0.2) is 11.1 Å². The number of aliphatic carboxylic acids is 1. The summed E-state index contributed by atoms with van der Waals surface area (Å²) in [6.45, 7) is 3.89. The topological polar surface area (TPSA) is 98.7 Å². The van der Waals surface area contributed by atoms with E-state index in [4.69, 9.17) is 10.2 Å². The molecule has 0 spiro atoms. The van der Waals surface area contributed by atoms with Gasteiger partial charge in [0.25, 0.3) is 0 Å². The van der Waals surface area contributed by atoms with Gasteiger partial charge in [-0.05, 0) is 0 Å². The summed E-state index contributed by atoms with van der Waals surface area (Å²) in [5.74, 6) is -1.30. The Balaban J connectivity index is 3.55. The van der Waals surface area contributed by atoms with Crippen LogP contribution in [0.2, 0.25) is 0 Å². The van der Waals surface area contributed by atoms with Crippen LogP contribution in [0, 0.1) is 0 Å². The summed E-state index contributed by atoms with van der Waals surface area (Å²) < 4.78 is 0.628. The number of rotatable bonds is 6. The first-order valence-corrected chi connectivity index (χ1v) is 4.98. The minimum atomic E-state index is -1.45. The molecule has 15 heavy (non-hydrogen) atoms. The predicted molar refractivity (Wildman–Crippen MR) is 57.7 cm³/mol. The minimum Gasteiger partial charge on any atom is -0.479 e. The molecule has 2 amide bonds. The number of carbonyl (C=O) groups is 2. The van der Waals surface area contributed by atoms with Gasteiger partial charge in [0.1, 0.15) is 0 Å². The number of halogens is 1. The Labute approximate surface area is 95.5 Å². The molecule has 0 aliphatic rings. The Morgan fingerprint density at radius 3 is 2.47 bits per heavy atom. The van der Waals surface area contributed by atoms with E-state index in [1.807, 2.05) is 0 Å². The number of aliphatic hydroxyl groups is 1. The van der Waals surface area contributed by atoms with Gasteiger partial charge in [0.05, 0.1) is 6.54 Å². The molecule has 0 radical (unpaired) electrons. The predicted octanol–water partition coefficient (Wildman–Crippen LogP) is 0.0298. The maximum absolute atomic E-state index is 11.0. The maximum atomic E-state index is 11.0. The largest absolute Gasteiger partial charge is 0.479 e. The smallest absolute Gasteiger partial charge is 0.332 e. The zero-order valence-electron chi connectivity index (χ0n) is 7.99. The summed E-state index contributed by atoms with van der Waals surface area (Å²) in [6.07, 6.45) is -1.48. The lowest BCUT2D eigenvalue weighted by Crippen LogP contribution is -2.38. The SMILES string of the molecule is C=C(Br)CNC(=O)NCCC(O)C(=O)O. The van der Waals surface area contributed by atoms with Crippen molar-refractivity contribution in [3.8, 4) is 0 Å². The first-order chi connectivity index (χ1) is 6.93. The van der Waals surface area contributed by atoms with Gasteiger partial charge in [-0.3, -0.25) is 0 Å². The number of hydrogen-bond donors (Lipinski definition) is 4. The van der Waals surface area contributed by atoms with Crippen LogP contribution < -0.4 is 10.6 Å². The molecule has 1 atom stereocenters. The molecule has 7 heteroatoms. The van der Waals surface area contributed by atoms with Crippen LogP contribution in [-0.2, 0) is 4.79 Å². The second-order valence-electron chi connectivity index (χ2n) is 2.77. The zero-order chi connectivity index (χ0) is 11.8. The normalized spacial score (nSPS) is 11.6. The molecule has 0 heterocycles. The Bertz CT molecular complexity index is 257. The Morgan fingerprint density at radius 1 is 1.40 bits per heavy atom.